The minimum Gasteiger partial charge on any atom is -0.454 e. The van der Waals surface area contributed by atoms with Gasteiger partial charge in [0.1, 0.15) is 0 Å². The zero-order valence-electron chi connectivity index (χ0n) is 13.3. The first-order chi connectivity index (χ1) is 11.1. The summed E-state index contributed by atoms with van der Waals surface area (Å²) >= 11 is 0. The Hall–Kier alpha value is -1.31. The van der Waals surface area contributed by atoms with Gasteiger partial charge in [0.2, 0.25) is 16.8 Å². The van der Waals surface area contributed by atoms with Crippen molar-refractivity contribution in [1.29, 1.82) is 0 Å². The van der Waals surface area contributed by atoms with Crippen LogP contribution >= 0.6 is 0 Å². The van der Waals surface area contributed by atoms with Crippen molar-refractivity contribution >= 4 is 10.0 Å². The van der Waals surface area contributed by atoms with Crippen molar-refractivity contribution in [1.82, 2.24) is 9.21 Å². The van der Waals surface area contributed by atoms with Crippen LogP contribution in [0.4, 0.5) is 0 Å². The monoisotopic (exact) mass is 338 g/mol. The third-order valence-corrected chi connectivity index (χ3v) is 7.03. The number of hydrogen-bond donors (Lipinski definition) is 0. The summed E-state index contributed by atoms with van der Waals surface area (Å²) in [7, 11) is -3.47. The molecule has 0 aromatic heterocycles. The first-order valence-corrected chi connectivity index (χ1v) is 9.63. The lowest BCUT2D eigenvalue weighted by Gasteiger charge is -2.37. The molecule has 7 heteroatoms. The zero-order valence-corrected chi connectivity index (χ0v) is 14.1. The van der Waals surface area contributed by atoms with E-state index < -0.39 is 10.0 Å². The average Bonchev–Trinajstić information content (AvgIpc) is 3.31. The second-order valence-electron chi connectivity index (χ2n) is 6.53. The highest BCUT2D eigenvalue weighted by Crippen LogP contribution is 2.36. The van der Waals surface area contributed by atoms with Gasteiger partial charge in [-0.25, -0.2) is 8.42 Å². The lowest BCUT2D eigenvalue weighted by molar-refractivity contribution is 0.133. The van der Waals surface area contributed by atoms with Crippen LogP contribution in [-0.2, 0) is 10.0 Å². The molecule has 4 rings (SSSR count). The Balaban J connectivity index is 1.47. The molecule has 0 spiro atoms. The van der Waals surface area contributed by atoms with Gasteiger partial charge in [-0.2, -0.15) is 4.31 Å². The van der Waals surface area contributed by atoms with Crippen LogP contribution in [0.5, 0.6) is 11.5 Å². The maximum Gasteiger partial charge on any atom is 0.243 e. The first-order valence-electron chi connectivity index (χ1n) is 8.19. The number of nitrogens with zero attached hydrogens (tertiary/aromatic N) is 2. The largest absolute Gasteiger partial charge is 0.454 e. The number of piperazine rings is 1. The number of benzene rings is 1. The molecule has 23 heavy (non-hydrogen) atoms. The summed E-state index contributed by atoms with van der Waals surface area (Å²) in [5.74, 6) is 1.92. The quantitative estimate of drug-likeness (QED) is 0.833. The van der Waals surface area contributed by atoms with Crippen molar-refractivity contribution in [3.63, 3.8) is 0 Å². The fraction of sp³-hybridized carbons (Fsp3) is 0.625. The molecule has 1 atom stereocenters. The van der Waals surface area contributed by atoms with E-state index in [0.717, 1.165) is 19.0 Å². The van der Waals surface area contributed by atoms with Crippen LogP contribution in [0.25, 0.3) is 0 Å². The minimum absolute atomic E-state index is 0.149. The second kappa shape index (κ2) is 5.65. The van der Waals surface area contributed by atoms with E-state index in [0.29, 0.717) is 30.6 Å². The molecule has 0 radical (unpaired) electrons. The Morgan fingerprint density at radius 2 is 1.78 bits per heavy atom. The minimum atomic E-state index is -3.47. The molecule has 3 aliphatic rings. The molecule has 1 aromatic rings. The van der Waals surface area contributed by atoms with E-state index >= 15 is 0 Å². The first kappa shape index (κ1) is 15.2. The summed E-state index contributed by atoms with van der Waals surface area (Å²) in [4.78, 5) is 2.70. The highest BCUT2D eigenvalue weighted by Gasteiger charge is 2.36. The van der Waals surface area contributed by atoms with Crippen molar-refractivity contribution in [3.05, 3.63) is 18.2 Å². The normalized spacial score (nSPS) is 23.9. The van der Waals surface area contributed by atoms with Gasteiger partial charge in [0.25, 0.3) is 0 Å². The number of hydrogen-bond acceptors (Lipinski definition) is 5. The molecule has 1 aliphatic carbocycles. The van der Waals surface area contributed by atoms with E-state index in [1.807, 2.05) is 0 Å². The average molecular weight is 338 g/mol. The molecule has 6 nitrogen and oxygen atoms in total. The summed E-state index contributed by atoms with van der Waals surface area (Å²) < 4.78 is 37.8. The van der Waals surface area contributed by atoms with Gasteiger partial charge < -0.3 is 9.47 Å². The highest BCUT2D eigenvalue weighted by molar-refractivity contribution is 7.89. The van der Waals surface area contributed by atoms with E-state index in [1.54, 1.807) is 22.5 Å². The predicted octanol–water partition coefficient (Wildman–Crippen LogP) is 1.52. The lowest BCUT2D eigenvalue weighted by atomic mass is 10.1. The lowest BCUT2D eigenvalue weighted by Crippen LogP contribution is -2.51. The molecule has 2 heterocycles. The molecule has 1 unspecified atom stereocenters. The molecule has 1 saturated carbocycles. The zero-order chi connectivity index (χ0) is 16.0. The fourth-order valence-corrected chi connectivity index (χ4v) is 4.85. The van der Waals surface area contributed by atoms with Crippen LogP contribution in [0.15, 0.2) is 23.1 Å². The van der Waals surface area contributed by atoms with E-state index in [1.165, 1.54) is 12.8 Å². The fourth-order valence-electron chi connectivity index (χ4n) is 3.41. The van der Waals surface area contributed by atoms with Gasteiger partial charge in [0.05, 0.1) is 4.90 Å². The van der Waals surface area contributed by atoms with Crippen molar-refractivity contribution in [2.45, 2.75) is 30.7 Å². The molecule has 2 aliphatic heterocycles. The van der Waals surface area contributed by atoms with Gasteiger partial charge in [-0.05, 0) is 37.8 Å². The Morgan fingerprint density at radius 3 is 2.48 bits per heavy atom. The van der Waals surface area contributed by atoms with E-state index in [4.69, 9.17) is 9.47 Å². The summed E-state index contributed by atoms with van der Waals surface area (Å²) in [6.07, 6.45) is 2.63. The van der Waals surface area contributed by atoms with E-state index in [9.17, 15) is 8.42 Å². The molecule has 126 valence electrons. The van der Waals surface area contributed by atoms with Crippen LogP contribution in [0, 0.1) is 5.92 Å². The maximum atomic E-state index is 12.8. The van der Waals surface area contributed by atoms with Crippen molar-refractivity contribution in [3.8, 4) is 11.5 Å². The Bertz CT molecular complexity index is 694. The topological polar surface area (TPSA) is 59.1 Å². The third-order valence-electron chi connectivity index (χ3n) is 5.14. The van der Waals surface area contributed by atoms with Gasteiger partial charge in [0.15, 0.2) is 11.5 Å². The molecule has 1 saturated heterocycles. The SMILES string of the molecule is CC(C1CC1)N1CCN(S(=O)(=O)c2ccc3c(c2)OCO3)CC1. The summed E-state index contributed by atoms with van der Waals surface area (Å²) in [6.45, 7) is 5.13. The highest BCUT2D eigenvalue weighted by atomic mass is 32.2. The number of fused-ring (bicyclic) bond motifs is 1. The van der Waals surface area contributed by atoms with Gasteiger partial charge >= 0.3 is 0 Å². The van der Waals surface area contributed by atoms with Gasteiger partial charge in [-0.3, -0.25) is 4.90 Å². The van der Waals surface area contributed by atoms with Crippen molar-refractivity contribution in [2.24, 2.45) is 5.92 Å². The number of rotatable bonds is 4. The summed E-state index contributed by atoms with van der Waals surface area (Å²) in [5.41, 5.74) is 0. The number of ether oxygens (including phenoxy) is 2. The third kappa shape index (κ3) is 2.81. The van der Waals surface area contributed by atoms with Crippen molar-refractivity contribution in [2.75, 3.05) is 33.0 Å². The van der Waals surface area contributed by atoms with Gasteiger partial charge in [0, 0.05) is 38.3 Å². The predicted molar refractivity (Wildman–Crippen MR) is 85.1 cm³/mol. The van der Waals surface area contributed by atoms with Gasteiger partial charge in [-0.1, -0.05) is 0 Å². The molecular weight excluding hydrogens is 316 g/mol. The summed E-state index contributed by atoms with van der Waals surface area (Å²) in [5, 5.41) is 0. The Morgan fingerprint density at radius 1 is 1.09 bits per heavy atom. The van der Waals surface area contributed by atoms with Crippen LogP contribution in [-0.4, -0.2) is 56.6 Å². The summed E-state index contributed by atoms with van der Waals surface area (Å²) in [6, 6.07) is 5.41. The molecule has 0 amide bonds. The van der Waals surface area contributed by atoms with E-state index in [2.05, 4.69) is 11.8 Å². The van der Waals surface area contributed by atoms with E-state index in [-0.39, 0.29) is 11.7 Å². The Kier molecular flexibility index (Phi) is 3.74. The van der Waals surface area contributed by atoms with Crippen LogP contribution in [0.3, 0.4) is 0 Å². The molecule has 2 fully saturated rings. The maximum absolute atomic E-state index is 12.8. The van der Waals surface area contributed by atoms with Crippen LogP contribution in [0.1, 0.15) is 19.8 Å². The van der Waals surface area contributed by atoms with Crippen LogP contribution in [0.2, 0.25) is 0 Å². The molecular formula is C16H22N2O4S. The second-order valence-corrected chi connectivity index (χ2v) is 8.47. The van der Waals surface area contributed by atoms with Crippen LogP contribution < -0.4 is 9.47 Å². The molecule has 0 N–H and O–H groups in total. The van der Waals surface area contributed by atoms with Gasteiger partial charge in [-0.15, -0.1) is 0 Å². The Labute approximate surface area is 137 Å². The standard InChI is InChI=1S/C16H22N2O4S/c1-12(13-2-3-13)17-6-8-18(9-7-17)23(19,20)14-4-5-15-16(10-14)22-11-21-15/h4-5,10,12-13H,2-3,6-9,11H2,1H3. The smallest absolute Gasteiger partial charge is 0.243 e. The van der Waals surface area contributed by atoms with Crippen molar-refractivity contribution < 1.29 is 17.9 Å². The molecule has 0 bridgehead atoms. The number of sulfonamides is 1. The molecule has 1 aromatic carbocycles.